The quantitative estimate of drug-likeness (QED) is 0.636. The maximum Gasteiger partial charge on any atom is 0.276 e. The molecule has 0 fully saturated rings. The highest BCUT2D eigenvalue weighted by atomic mass is 35.5. The average Bonchev–Trinajstić information content (AvgIpc) is 3.28. The number of aromatic amines is 1. The summed E-state index contributed by atoms with van der Waals surface area (Å²) in [4.78, 5) is 12.6. The molecule has 136 valence electrons. The molecule has 26 heavy (non-hydrogen) atoms. The number of aromatic nitrogens is 6. The molecule has 0 unspecified atom stereocenters. The van der Waals surface area contributed by atoms with E-state index >= 15 is 0 Å². The van der Waals surface area contributed by atoms with E-state index in [1.165, 1.54) is 0 Å². The third kappa shape index (κ3) is 3.31. The lowest BCUT2D eigenvalue weighted by atomic mass is 10.1. The molecule has 3 N–H and O–H groups in total. The van der Waals surface area contributed by atoms with Gasteiger partial charge in [0.05, 0.1) is 0 Å². The number of carbonyl (C=O) groups excluding carboxylic acids is 1. The van der Waals surface area contributed by atoms with Crippen LogP contribution in [0, 0.1) is 0 Å². The number of tetrazole rings is 1. The first-order chi connectivity index (χ1) is 12.3. The summed E-state index contributed by atoms with van der Waals surface area (Å²) in [6, 6.07) is 7.46. The molecule has 3 aromatic rings. The summed E-state index contributed by atoms with van der Waals surface area (Å²) in [5, 5.41) is 25.0. The van der Waals surface area contributed by atoms with E-state index in [0.29, 0.717) is 30.3 Å². The molecule has 1 aromatic carbocycles. The van der Waals surface area contributed by atoms with Crippen molar-refractivity contribution in [2.45, 2.75) is 26.4 Å². The number of hydrogen-bond acceptors (Lipinski definition) is 6. The fraction of sp³-hybridized carbons (Fsp3) is 0.312. The summed E-state index contributed by atoms with van der Waals surface area (Å²) in [6.45, 7) is 4.19. The van der Waals surface area contributed by atoms with E-state index in [2.05, 4.69) is 36.4 Å². The van der Waals surface area contributed by atoms with Crippen LogP contribution in [0.15, 0.2) is 24.3 Å². The van der Waals surface area contributed by atoms with Crippen LogP contribution in [0.4, 0.5) is 5.69 Å². The van der Waals surface area contributed by atoms with Crippen molar-refractivity contribution in [2.24, 2.45) is 0 Å². The molecule has 0 bridgehead atoms. The number of rotatable bonds is 4. The minimum absolute atomic E-state index is 0. The molecule has 0 atom stereocenters. The normalized spacial score (nSPS) is 13.0. The van der Waals surface area contributed by atoms with Crippen molar-refractivity contribution in [2.75, 3.05) is 11.9 Å². The van der Waals surface area contributed by atoms with Gasteiger partial charge in [-0.15, -0.1) is 17.5 Å². The van der Waals surface area contributed by atoms with Gasteiger partial charge in [-0.2, -0.15) is 5.10 Å². The van der Waals surface area contributed by atoms with E-state index in [9.17, 15) is 4.79 Å². The van der Waals surface area contributed by atoms with Crippen LogP contribution < -0.4 is 10.6 Å². The number of amides is 1. The second kappa shape index (κ2) is 7.63. The summed E-state index contributed by atoms with van der Waals surface area (Å²) in [6.07, 6.45) is 0.852. The lowest BCUT2D eigenvalue weighted by Gasteiger charge is -2.13. The highest BCUT2D eigenvalue weighted by molar-refractivity contribution is 6.04. The van der Waals surface area contributed by atoms with Crippen LogP contribution in [0.25, 0.3) is 11.4 Å². The summed E-state index contributed by atoms with van der Waals surface area (Å²) in [5.41, 5.74) is 3.92. The predicted molar refractivity (Wildman–Crippen MR) is 98.1 cm³/mol. The highest BCUT2D eigenvalue weighted by Crippen LogP contribution is 2.21. The van der Waals surface area contributed by atoms with Gasteiger partial charge in [0.15, 0.2) is 11.5 Å². The Bertz CT molecular complexity index is 919. The number of anilines is 1. The molecule has 0 aliphatic carbocycles. The zero-order chi connectivity index (χ0) is 17.2. The fourth-order valence-electron chi connectivity index (χ4n) is 2.96. The van der Waals surface area contributed by atoms with Crippen LogP contribution in [0.2, 0.25) is 0 Å². The zero-order valence-electron chi connectivity index (χ0n) is 14.2. The van der Waals surface area contributed by atoms with Crippen LogP contribution in [-0.2, 0) is 19.5 Å². The third-order valence-electron chi connectivity index (χ3n) is 4.23. The Morgan fingerprint density at radius 3 is 3.12 bits per heavy atom. The maximum atomic E-state index is 12.6. The van der Waals surface area contributed by atoms with Crippen molar-refractivity contribution in [1.82, 2.24) is 35.7 Å². The fourth-order valence-corrected chi connectivity index (χ4v) is 2.96. The maximum absolute atomic E-state index is 12.6. The second-order valence-electron chi connectivity index (χ2n) is 5.81. The number of halogens is 1. The van der Waals surface area contributed by atoms with E-state index in [-0.39, 0.29) is 18.3 Å². The topological polar surface area (TPSA) is 113 Å². The van der Waals surface area contributed by atoms with Crippen LogP contribution in [0.5, 0.6) is 0 Å². The molecule has 1 aliphatic rings. The number of H-pyrrole nitrogens is 1. The summed E-state index contributed by atoms with van der Waals surface area (Å²) in [5.74, 6) is 0.438. The molecular formula is C16H19ClN8O. The SMILES string of the molecule is CCn1nnnc1-c1cccc(NC(=O)c2n[nH]c3c2CNCC3)c1.Cl. The van der Waals surface area contributed by atoms with Gasteiger partial charge >= 0.3 is 0 Å². The Balaban J connectivity index is 0.00000196. The van der Waals surface area contributed by atoms with Crippen molar-refractivity contribution in [3.8, 4) is 11.4 Å². The molecule has 1 amide bonds. The van der Waals surface area contributed by atoms with E-state index in [0.717, 1.165) is 29.8 Å². The van der Waals surface area contributed by atoms with E-state index < -0.39 is 0 Å². The van der Waals surface area contributed by atoms with Gasteiger partial charge in [-0.1, -0.05) is 12.1 Å². The van der Waals surface area contributed by atoms with Crippen LogP contribution in [0.3, 0.4) is 0 Å². The van der Waals surface area contributed by atoms with Gasteiger partial charge in [0.2, 0.25) is 0 Å². The molecule has 1 aliphatic heterocycles. The minimum Gasteiger partial charge on any atom is -0.321 e. The van der Waals surface area contributed by atoms with Crippen LogP contribution >= 0.6 is 12.4 Å². The van der Waals surface area contributed by atoms with Gasteiger partial charge in [-0.05, 0) is 29.5 Å². The lowest BCUT2D eigenvalue weighted by molar-refractivity contribution is 0.102. The Morgan fingerprint density at radius 1 is 1.38 bits per heavy atom. The second-order valence-corrected chi connectivity index (χ2v) is 5.81. The zero-order valence-corrected chi connectivity index (χ0v) is 15.0. The Hall–Kier alpha value is -2.78. The first-order valence-electron chi connectivity index (χ1n) is 8.21. The smallest absolute Gasteiger partial charge is 0.276 e. The number of aryl methyl sites for hydroxylation is 1. The molecule has 3 heterocycles. The first-order valence-corrected chi connectivity index (χ1v) is 8.21. The first kappa shape index (κ1) is 18.0. The van der Waals surface area contributed by atoms with E-state index in [4.69, 9.17) is 0 Å². The number of fused-ring (bicyclic) bond motifs is 1. The van der Waals surface area contributed by atoms with Gasteiger partial charge in [0, 0.05) is 48.6 Å². The van der Waals surface area contributed by atoms with Gasteiger partial charge in [0.1, 0.15) is 0 Å². The van der Waals surface area contributed by atoms with Crippen molar-refractivity contribution in [3.63, 3.8) is 0 Å². The van der Waals surface area contributed by atoms with Crippen LogP contribution in [0.1, 0.15) is 28.7 Å². The Kier molecular flexibility index (Phi) is 5.29. The predicted octanol–water partition coefficient (Wildman–Crippen LogP) is 1.40. The number of benzene rings is 1. The number of hydrogen-bond donors (Lipinski definition) is 3. The van der Waals surface area contributed by atoms with Crippen molar-refractivity contribution in [3.05, 3.63) is 41.2 Å². The molecule has 0 radical (unpaired) electrons. The molecule has 0 saturated carbocycles. The molecule has 10 heteroatoms. The minimum atomic E-state index is -0.228. The molecular weight excluding hydrogens is 356 g/mol. The summed E-state index contributed by atoms with van der Waals surface area (Å²) < 4.78 is 1.71. The molecule has 4 rings (SSSR count). The molecule has 2 aromatic heterocycles. The summed E-state index contributed by atoms with van der Waals surface area (Å²) >= 11 is 0. The Labute approximate surface area is 156 Å². The van der Waals surface area contributed by atoms with E-state index in [1.807, 2.05) is 31.2 Å². The van der Waals surface area contributed by atoms with Gasteiger partial charge in [-0.3, -0.25) is 9.89 Å². The van der Waals surface area contributed by atoms with Crippen molar-refractivity contribution >= 4 is 24.0 Å². The van der Waals surface area contributed by atoms with Crippen molar-refractivity contribution in [1.29, 1.82) is 0 Å². The third-order valence-corrected chi connectivity index (χ3v) is 4.23. The van der Waals surface area contributed by atoms with Crippen LogP contribution in [-0.4, -0.2) is 42.9 Å². The average molecular weight is 375 g/mol. The van der Waals surface area contributed by atoms with Gasteiger partial charge in [-0.25, -0.2) is 4.68 Å². The molecule has 0 spiro atoms. The monoisotopic (exact) mass is 374 g/mol. The highest BCUT2D eigenvalue weighted by Gasteiger charge is 2.21. The summed E-state index contributed by atoms with van der Waals surface area (Å²) in [7, 11) is 0. The number of carbonyl (C=O) groups is 1. The lowest BCUT2D eigenvalue weighted by Crippen LogP contribution is -2.25. The Morgan fingerprint density at radius 2 is 2.27 bits per heavy atom. The van der Waals surface area contributed by atoms with Gasteiger partial charge < -0.3 is 10.6 Å². The number of nitrogens with zero attached hydrogens (tertiary/aromatic N) is 5. The van der Waals surface area contributed by atoms with Crippen molar-refractivity contribution < 1.29 is 4.79 Å². The van der Waals surface area contributed by atoms with Gasteiger partial charge in [0.25, 0.3) is 5.91 Å². The molecule has 9 nitrogen and oxygen atoms in total. The van der Waals surface area contributed by atoms with E-state index in [1.54, 1.807) is 4.68 Å². The number of nitrogens with one attached hydrogen (secondary N) is 3. The largest absolute Gasteiger partial charge is 0.321 e. The molecule has 0 saturated heterocycles. The standard InChI is InChI=1S/C16H18N8O.ClH/c1-2-24-15(21-22-23-24)10-4-3-5-11(8-10)18-16(25)14-12-9-17-7-6-13(12)19-20-14;/h3-5,8,17H,2,6-7,9H2,1H3,(H,18,25)(H,19,20);1H.